The molecule has 1 aliphatic carbocycles. The van der Waals surface area contributed by atoms with Crippen molar-refractivity contribution in [3.05, 3.63) is 35.6 Å². The van der Waals surface area contributed by atoms with Crippen LogP contribution in [0.5, 0.6) is 0 Å². The fourth-order valence-electron chi connectivity index (χ4n) is 3.11. The number of hydrogen-bond acceptors (Lipinski definition) is 2. The summed E-state index contributed by atoms with van der Waals surface area (Å²) in [5.74, 6) is 0.129. The topological polar surface area (TPSA) is 49.4 Å². The molecule has 1 heterocycles. The van der Waals surface area contributed by atoms with Crippen LogP contribution in [-0.2, 0) is 16.0 Å². The average Bonchev–Trinajstić information content (AvgIpc) is 3.41. The number of piperidine rings is 1. The third-order valence-corrected chi connectivity index (χ3v) is 4.66. The summed E-state index contributed by atoms with van der Waals surface area (Å²) in [4.78, 5) is 26.3. The number of nitrogens with one attached hydrogen (secondary N) is 1. The maximum Gasteiger partial charge on any atom is 0.225 e. The number of hydrogen-bond donors (Lipinski definition) is 1. The molecule has 1 aliphatic heterocycles. The molecule has 5 heteroatoms. The number of amides is 2. The summed E-state index contributed by atoms with van der Waals surface area (Å²) < 4.78 is 12.8. The molecule has 1 aromatic rings. The van der Waals surface area contributed by atoms with Crippen LogP contribution in [0.3, 0.4) is 0 Å². The Balaban J connectivity index is 1.43. The lowest BCUT2D eigenvalue weighted by Crippen LogP contribution is -2.46. The number of halogens is 1. The van der Waals surface area contributed by atoms with Crippen molar-refractivity contribution in [2.45, 2.75) is 32.1 Å². The Morgan fingerprint density at radius 3 is 2.57 bits per heavy atom. The normalized spacial score (nSPS) is 21.1. The van der Waals surface area contributed by atoms with Gasteiger partial charge in [0.1, 0.15) is 5.82 Å². The first-order chi connectivity index (χ1) is 11.1. The van der Waals surface area contributed by atoms with E-state index in [0.717, 1.165) is 37.8 Å². The highest BCUT2D eigenvalue weighted by atomic mass is 19.1. The van der Waals surface area contributed by atoms with E-state index in [0.29, 0.717) is 19.5 Å². The molecule has 1 N–H and O–H groups in total. The van der Waals surface area contributed by atoms with E-state index < -0.39 is 0 Å². The fraction of sp³-hybridized carbons (Fsp3) is 0.556. The molecule has 4 nitrogen and oxygen atoms in total. The minimum Gasteiger partial charge on any atom is -0.355 e. The van der Waals surface area contributed by atoms with Crippen LogP contribution in [0.4, 0.5) is 4.39 Å². The van der Waals surface area contributed by atoms with Gasteiger partial charge in [0.15, 0.2) is 0 Å². The van der Waals surface area contributed by atoms with Gasteiger partial charge in [0, 0.05) is 25.6 Å². The van der Waals surface area contributed by atoms with Gasteiger partial charge in [0.05, 0.1) is 5.92 Å². The Kier molecular flexibility index (Phi) is 4.94. The van der Waals surface area contributed by atoms with Gasteiger partial charge in [0.25, 0.3) is 0 Å². The Bertz CT molecular complexity index is 569. The van der Waals surface area contributed by atoms with Gasteiger partial charge in [-0.05, 0) is 49.8 Å². The highest BCUT2D eigenvalue weighted by molar-refractivity contribution is 5.83. The van der Waals surface area contributed by atoms with Crippen LogP contribution >= 0.6 is 0 Å². The van der Waals surface area contributed by atoms with Gasteiger partial charge in [-0.3, -0.25) is 9.59 Å². The molecule has 1 atom stereocenters. The highest BCUT2D eigenvalue weighted by Gasteiger charge is 2.36. The van der Waals surface area contributed by atoms with E-state index in [-0.39, 0.29) is 29.5 Å². The Morgan fingerprint density at radius 1 is 1.13 bits per heavy atom. The molecule has 0 unspecified atom stereocenters. The largest absolute Gasteiger partial charge is 0.355 e. The van der Waals surface area contributed by atoms with Crippen LogP contribution in [0.25, 0.3) is 0 Å². The molecule has 2 amide bonds. The van der Waals surface area contributed by atoms with E-state index in [9.17, 15) is 14.0 Å². The average molecular weight is 318 g/mol. The third-order valence-electron chi connectivity index (χ3n) is 4.66. The van der Waals surface area contributed by atoms with Gasteiger partial charge in [-0.15, -0.1) is 0 Å². The SMILES string of the molecule is O=C(NCCc1ccc(F)cc1)[C@H]1CCCN(C(=O)C2CC2)C1. The summed E-state index contributed by atoms with van der Waals surface area (Å²) in [7, 11) is 0. The van der Waals surface area contributed by atoms with E-state index >= 15 is 0 Å². The van der Waals surface area contributed by atoms with Crippen molar-refractivity contribution in [2.75, 3.05) is 19.6 Å². The molecular weight excluding hydrogens is 295 g/mol. The maximum atomic E-state index is 12.8. The molecule has 23 heavy (non-hydrogen) atoms. The standard InChI is InChI=1S/C18H23FN2O2/c19-16-7-3-13(4-8-16)9-10-20-17(22)15-2-1-11-21(12-15)18(23)14-5-6-14/h3-4,7-8,14-15H,1-2,5-6,9-12H2,(H,20,22)/t15-/m0/s1. The number of benzene rings is 1. The molecule has 0 spiro atoms. The number of nitrogens with zero attached hydrogens (tertiary/aromatic N) is 1. The zero-order chi connectivity index (χ0) is 16.2. The van der Waals surface area contributed by atoms with Crippen LogP contribution in [0.15, 0.2) is 24.3 Å². The molecular formula is C18H23FN2O2. The number of likely N-dealkylation sites (tertiary alicyclic amines) is 1. The van der Waals surface area contributed by atoms with Gasteiger partial charge >= 0.3 is 0 Å². The van der Waals surface area contributed by atoms with Crippen molar-refractivity contribution in [3.8, 4) is 0 Å². The third kappa shape index (κ3) is 4.30. The van der Waals surface area contributed by atoms with Crippen LogP contribution in [0.1, 0.15) is 31.2 Å². The van der Waals surface area contributed by atoms with Gasteiger partial charge in [-0.2, -0.15) is 0 Å². The molecule has 1 aromatic carbocycles. The first kappa shape index (κ1) is 16.0. The Labute approximate surface area is 136 Å². The van der Waals surface area contributed by atoms with Crippen LogP contribution in [-0.4, -0.2) is 36.3 Å². The highest BCUT2D eigenvalue weighted by Crippen LogP contribution is 2.32. The van der Waals surface area contributed by atoms with Crippen LogP contribution < -0.4 is 5.32 Å². The zero-order valence-electron chi connectivity index (χ0n) is 13.3. The van der Waals surface area contributed by atoms with Crippen molar-refractivity contribution < 1.29 is 14.0 Å². The number of rotatable bonds is 5. The lowest BCUT2D eigenvalue weighted by molar-refractivity contribution is -0.136. The molecule has 2 fully saturated rings. The first-order valence-corrected chi connectivity index (χ1v) is 8.44. The minimum atomic E-state index is -0.250. The van der Waals surface area contributed by atoms with Gasteiger partial charge < -0.3 is 10.2 Å². The predicted octanol–water partition coefficient (Wildman–Crippen LogP) is 2.13. The second kappa shape index (κ2) is 7.11. The predicted molar refractivity (Wildman–Crippen MR) is 85.1 cm³/mol. The fourth-order valence-corrected chi connectivity index (χ4v) is 3.11. The summed E-state index contributed by atoms with van der Waals surface area (Å²) in [6.45, 7) is 1.88. The lowest BCUT2D eigenvalue weighted by atomic mass is 9.96. The smallest absolute Gasteiger partial charge is 0.225 e. The number of carbonyl (C=O) groups is 2. The van der Waals surface area contributed by atoms with Crippen molar-refractivity contribution in [1.29, 1.82) is 0 Å². The number of carbonyl (C=O) groups excluding carboxylic acids is 2. The van der Waals surface area contributed by atoms with Gasteiger partial charge in [-0.25, -0.2) is 4.39 Å². The second-order valence-electron chi connectivity index (χ2n) is 6.57. The van der Waals surface area contributed by atoms with Crippen molar-refractivity contribution >= 4 is 11.8 Å². The van der Waals surface area contributed by atoms with Crippen molar-refractivity contribution in [1.82, 2.24) is 10.2 Å². The second-order valence-corrected chi connectivity index (χ2v) is 6.57. The minimum absolute atomic E-state index is 0.0282. The lowest BCUT2D eigenvalue weighted by Gasteiger charge is -2.32. The first-order valence-electron chi connectivity index (χ1n) is 8.44. The summed E-state index contributed by atoms with van der Waals surface area (Å²) in [5, 5.41) is 2.95. The van der Waals surface area contributed by atoms with Crippen molar-refractivity contribution in [3.63, 3.8) is 0 Å². The molecule has 124 valence electrons. The molecule has 0 radical (unpaired) electrons. The van der Waals surface area contributed by atoms with Crippen LogP contribution in [0.2, 0.25) is 0 Å². The molecule has 0 bridgehead atoms. The molecule has 2 aliphatic rings. The summed E-state index contributed by atoms with van der Waals surface area (Å²) in [5.41, 5.74) is 1.00. The quantitative estimate of drug-likeness (QED) is 0.904. The Hall–Kier alpha value is -1.91. The van der Waals surface area contributed by atoms with E-state index in [2.05, 4.69) is 5.32 Å². The molecule has 1 saturated heterocycles. The summed E-state index contributed by atoms with van der Waals surface area (Å²) in [6.07, 6.45) is 4.43. The van der Waals surface area contributed by atoms with Crippen LogP contribution in [0, 0.1) is 17.7 Å². The summed E-state index contributed by atoms with van der Waals surface area (Å²) >= 11 is 0. The molecule has 1 saturated carbocycles. The Morgan fingerprint density at radius 2 is 1.87 bits per heavy atom. The van der Waals surface area contributed by atoms with E-state index in [4.69, 9.17) is 0 Å². The summed E-state index contributed by atoms with van der Waals surface area (Å²) in [6, 6.07) is 6.33. The molecule has 0 aromatic heterocycles. The van der Waals surface area contributed by atoms with Gasteiger partial charge in [-0.1, -0.05) is 12.1 Å². The zero-order valence-corrected chi connectivity index (χ0v) is 13.3. The van der Waals surface area contributed by atoms with E-state index in [1.807, 2.05) is 4.90 Å². The van der Waals surface area contributed by atoms with E-state index in [1.54, 1.807) is 12.1 Å². The maximum absolute atomic E-state index is 12.8. The van der Waals surface area contributed by atoms with Crippen molar-refractivity contribution in [2.24, 2.45) is 11.8 Å². The molecule has 3 rings (SSSR count). The van der Waals surface area contributed by atoms with Gasteiger partial charge in [0.2, 0.25) is 11.8 Å². The van der Waals surface area contributed by atoms with E-state index in [1.165, 1.54) is 12.1 Å². The monoisotopic (exact) mass is 318 g/mol.